The fraction of sp³-hybridized carbons (Fsp3) is 0.318. The first-order chi connectivity index (χ1) is 13.6. The Kier molecular flexibility index (Phi) is 7.36. The maximum absolute atomic E-state index is 12.4. The number of rotatable bonds is 6. The summed E-state index contributed by atoms with van der Waals surface area (Å²) in [5, 5.41) is 8.11. The normalized spacial score (nSPS) is 10.8. The second-order valence-corrected chi connectivity index (χ2v) is 7.58. The van der Waals surface area contributed by atoms with Crippen LogP contribution in [0.4, 0.5) is 16.2 Å². The van der Waals surface area contributed by atoms with Crippen LogP contribution >= 0.6 is 0 Å². The number of amides is 3. The molecule has 2 aromatic rings. The zero-order valence-corrected chi connectivity index (χ0v) is 17.2. The van der Waals surface area contributed by atoms with Crippen molar-refractivity contribution >= 4 is 29.3 Å². The van der Waals surface area contributed by atoms with Gasteiger partial charge in [0.05, 0.1) is 0 Å². The lowest BCUT2D eigenvalue weighted by Crippen LogP contribution is -2.34. The molecular weight excluding hydrogens is 370 g/mol. The summed E-state index contributed by atoms with van der Waals surface area (Å²) in [5.74, 6) is -0.475. The van der Waals surface area contributed by atoms with Crippen LogP contribution in [0.25, 0.3) is 0 Å². The van der Waals surface area contributed by atoms with Crippen LogP contribution in [0, 0.1) is 6.92 Å². The predicted octanol–water partition coefficient (Wildman–Crippen LogP) is 4.10. The molecule has 0 bridgehead atoms. The van der Waals surface area contributed by atoms with Gasteiger partial charge in [-0.05, 0) is 57.5 Å². The molecule has 0 aliphatic rings. The molecule has 3 amide bonds. The number of ether oxygens (including phenoxy) is 1. The number of carbonyl (C=O) groups excluding carboxylic acids is 3. The van der Waals surface area contributed by atoms with Gasteiger partial charge in [0.1, 0.15) is 5.60 Å². The van der Waals surface area contributed by atoms with Crippen molar-refractivity contribution in [3.05, 3.63) is 59.7 Å². The third-order valence-electron chi connectivity index (χ3n) is 3.81. The van der Waals surface area contributed by atoms with E-state index in [0.717, 1.165) is 5.56 Å². The number of anilines is 2. The SMILES string of the molecule is Cc1ccccc1C(=O)Nc1cccc(NC(=O)CCNC(=O)OC(C)(C)C)c1. The quantitative estimate of drug-likeness (QED) is 0.684. The molecule has 7 nitrogen and oxygen atoms in total. The van der Waals surface area contributed by atoms with Crippen molar-refractivity contribution < 1.29 is 19.1 Å². The van der Waals surface area contributed by atoms with E-state index in [1.165, 1.54) is 0 Å². The predicted molar refractivity (Wildman–Crippen MR) is 113 cm³/mol. The number of hydrogen-bond donors (Lipinski definition) is 3. The van der Waals surface area contributed by atoms with Gasteiger partial charge in [0.2, 0.25) is 5.91 Å². The Morgan fingerprint density at radius 3 is 2.24 bits per heavy atom. The van der Waals surface area contributed by atoms with E-state index in [-0.39, 0.29) is 24.8 Å². The Labute approximate surface area is 170 Å². The van der Waals surface area contributed by atoms with E-state index in [2.05, 4.69) is 16.0 Å². The summed E-state index contributed by atoms with van der Waals surface area (Å²) >= 11 is 0. The van der Waals surface area contributed by atoms with Gasteiger partial charge in [-0.25, -0.2) is 4.79 Å². The van der Waals surface area contributed by atoms with E-state index in [9.17, 15) is 14.4 Å². The fourth-order valence-electron chi connectivity index (χ4n) is 2.52. The van der Waals surface area contributed by atoms with Gasteiger partial charge in [0, 0.05) is 29.9 Å². The van der Waals surface area contributed by atoms with E-state index in [1.54, 1.807) is 51.1 Å². The van der Waals surface area contributed by atoms with Crippen LogP contribution in [0.5, 0.6) is 0 Å². The molecule has 2 aromatic carbocycles. The molecular formula is C22H27N3O4. The summed E-state index contributed by atoms with van der Waals surface area (Å²) in [6, 6.07) is 14.2. The van der Waals surface area contributed by atoms with Gasteiger partial charge in [0.25, 0.3) is 5.91 Å². The monoisotopic (exact) mass is 397 g/mol. The molecule has 0 radical (unpaired) electrons. The molecule has 29 heavy (non-hydrogen) atoms. The molecule has 0 fully saturated rings. The number of benzene rings is 2. The smallest absolute Gasteiger partial charge is 0.407 e. The van der Waals surface area contributed by atoms with Crippen LogP contribution in [-0.2, 0) is 9.53 Å². The molecule has 154 valence electrons. The highest BCUT2D eigenvalue weighted by molar-refractivity contribution is 6.05. The zero-order chi connectivity index (χ0) is 21.4. The summed E-state index contributed by atoms with van der Waals surface area (Å²) in [6.07, 6.45) is -0.467. The summed E-state index contributed by atoms with van der Waals surface area (Å²) in [4.78, 5) is 36.1. The lowest BCUT2D eigenvalue weighted by Gasteiger charge is -2.19. The average Bonchev–Trinajstić information content (AvgIpc) is 2.60. The van der Waals surface area contributed by atoms with Gasteiger partial charge < -0.3 is 20.7 Å². The lowest BCUT2D eigenvalue weighted by molar-refractivity contribution is -0.116. The van der Waals surface area contributed by atoms with Crippen LogP contribution in [0.1, 0.15) is 43.1 Å². The first kappa shape index (κ1) is 21.9. The number of aryl methyl sites for hydroxylation is 1. The van der Waals surface area contributed by atoms with Crippen molar-refractivity contribution in [2.45, 2.75) is 39.7 Å². The Bertz CT molecular complexity index is 888. The van der Waals surface area contributed by atoms with Crippen molar-refractivity contribution in [2.24, 2.45) is 0 Å². The topological polar surface area (TPSA) is 96.5 Å². The largest absolute Gasteiger partial charge is 0.444 e. The molecule has 0 heterocycles. The maximum atomic E-state index is 12.4. The second-order valence-electron chi connectivity index (χ2n) is 7.58. The van der Waals surface area contributed by atoms with Gasteiger partial charge in [-0.2, -0.15) is 0 Å². The van der Waals surface area contributed by atoms with Crippen molar-refractivity contribution in [2.75, 3.05) is 17.2 Å². The van der Waals surface area contributed by atoms with Crippen LogP contribution in [0.15, 0.2) is 48.5 Å². The number of alkyl carbamates (subject to hydrolysis) is 1. The molecule has 0 spiro atoms. The van der Waals surface area contributed by atoms with Crippen molar-refractivity contribution in [3.63, 3.8) is 0 Å². The van der Waals surface area contributed by atoms with E-state index < -0.39 is 11.7 Å². The fourth-order valence-corrected chi connectivity index (χ4v) is 2.52. The first-order valence-corrected chi connectivity index (χ1v) is 9.38. The highest BCUT2D eigenvalue weighted by atomic mass is 16.6. The summed E-state index contributed by atoms with van der Waals surface area (Å²) < 4.78 is 5.11. The summed E-state index contributed by atoms with van der Waals surface area (Å²) in [6.45, 7) is 7.33. The Morgan fingerprint density at radius 2 is 1.59 bits per heavy atom. The van der Waals surface area contributed by atoms with Crippen molar-refractivity contribution in [1.29, 1.82) is 0 Å². The van der Waals surface area contributed by atoms with Crippen molar-refractivity contribution in [1.82, 2.24) is 5.32 Å². The molecule has 3 N–H and O–H groups in total. The Morgan fingerprint density at radius 1 is 0.931 bits per heavy atom. The molecule has 0 saturated heterocycles. The standard InChI is InChI=1S/C22H27N3O4/c1-15-8-5-6-11-18(15)20(27)25-17-10-7-9-16(14-17)24-19(26)12-13-23-21(28)29-22(2,3)4/h5-11,14H,12-13H2,1-4H3,(H,23,28)(H,24,26)(H,25,27). The highest BCUT2D eigenvalue weighted by Crippen LogP contribution is 2.17. The minimum absolute atomic E-state index is 0.0963. The number of nitrogens with one attached hydrogen (secondary N) is 3. The minimum atomic E-state index is -0.588. The Hall–Kier alpha value is -3.35. The highest BCUT2D eigenvalue weighted by Gasteiger charge is 2.16. The lowest BCUT2D eigenvalue weighted by atomic mass is 10.1. The number of hydrogen-bond acceptors (Lipinski definition) is 4. The molecule has 0 atom stereocenters. The number of carbonyl (C=O) groups is 3. The van der Waals surface area contributed by atoms with Crippen molar-refractivity contribution in [3.8, 4) is 0 Å². The first-order valence-electron chi connectivity index (χ1n) is 9.38. The van der Waals surface area contributed by atoms with Crippen LogP contribution < -0.4 is 16.0 Å². The summed E-state index contributed by atoms with van der Waals surface area (Å²) in [7, 11) is 0. The van der Waals surface area contributed by atoms with E-state index in [1.807, 2.05) is 25.1 Å². The van der Waals surface area contributed by atoms with Crippen LogP contribution in [0.2, 0.25) is 0 Å². The summed E-state index contributed by atoms with van der Waals surface area (Å²) in [5.41, 5.74) is 2.01. The maximum Gasteiger partial charge on any atom is 0.407 e. The van der Waals surface area contributed by atoms with Gasteiger partial charge in [-0.1, -0.05) is 24.3 Å². The molecule has 7 heteroatoms. The van der Waals surface area contributed by atoms with Gasteiger partial charge in [-0.3, -0.25) is 9.59 Å². The third kappa shape index (κ3) is 7.65. The third-order valence-corrected chi connectivity index (χ3v) is 3.81. The zero-order valence-electron chi connectivity index (χ0n) is 17.2. The molecule has 0 aromatic heterocycles. The molecule has 0 aliphatic heterocycles. The Balaban J connectivity index is 1.86. The van der Waals surface area contributed by atoms with E-state index in [4.69, 9.17) is 4.74 Å². The van der Waals surface area contributed by atoms with Gasteiger partial charge in [0.15, 0.2) is 0 Å². The van der Waals surface area contributed by atoms with E-state index >= 15 is 0 Å². The van der Waals surface area contributed by atoms with Crippen LogP contribution in [0.3, 0.4) is 0 Å². The van der Waals surface area contributed by atoms with E-state index in [0.29, 0.717) is 16.9 Å². The van der Waals surface area contributed by atoms with Gasteiger partial charge >= 0.3 is 6.09 Å². The average molecular weight is 397 g/mol. The minimum Gasteiger partial charge on any atom is -0.444 e. The second kappa shape index (κ2) is 9.73. The van der Waals surface area contributed by atoms with Gasteiger partial charge in [-0.15, -0.1) is 0 Å². The molecule has 0 aliphatic carbocycles. The van der Waals surface area contributed by atoms with Crippen LogP contribution in [-0.4, -0.2) is 30.1 Å². The molecule has 2 rings (SSSR count). The molecule has 0 unspecified atom stereocenters. The molecule has 0 saturated carbocycles.